The molecule has 0 aliphatic carbocycles. The lowest BCUT2D eigenvalue weighted by molar-refractivity contribution is 0.121. The van der Waals surface area contributed by atoms with Gasteiger partial charge in [-0.25, -0.2) is 13.2 Å². The molecule has 2 heterocycles. The SMILES string of the molecule is Cc1ccccc1NC(=O)N1CCN(C2CCS(=O)(=O)C2)CC1. The number of amides is 2. The van der Waals surface area contributed by atoms with Crippen LogP contribution in [0, 0.1) is 6.92 Å². The molecule has 6 nitrogen and oxygen atoms in total. The predicted octanol–water partition coefficient (Wildman–Crippen LogP) is 1.33. The zero-order valence-corrected chi connectivity index (χ0v) is 14.2. The first kappa shape index (κ1) is 16.3. The maximum atomic E-state index is 12.4. The fraction of sp³-hybridized carbons (Fsp3) is 0.562. The van der Waals surface area contributed by atoms with E-state index in [1.807, 2.05) is 31.2 Å². The van der Waals surface area contributed by atoms with Gasteiger partial charge in [0, 0.05) is 37.9 Å². The molecule has 0 saturated carbocycles. The Labute approximate surface area is 137 Å². The Morgan fingerprint density at radius 1 is 1.17 bits per heavy atom. The molecular weight excluding hydrogens is 314 g/mol. The molecule has 1 aromatic rings. The normalized spacial score (nSPS) is 24.6. The summed E-state index contributed by atoms with van der Waals surface area (Å²) in [7, 11) is -2.85. The van der Waals surface area contributed by atoms with Crippen LogP contribution in [0.2, 0.25) is 0 Å². The van der Waals surface area contributed by atoms with Gasteiger partial charge in [0.05, 0.1) is 11.5 Å². The molecule has 2 saturated heterocycles. The molecule has 2 fully saturated rings. The Kier molecular flexibility index (Phi) is 4.59. The van der Waals surface area contributed by atoms with E-state index < -0.39 is 9.84 Å². The molecule has 0 radical (unpaired) electrons. The van der Waals surface area contributed by atoms with Crippen LogP contribution in [-0.2, 0) is 9.84 Å². The van der Waals surface area contributed by atoms with Gasteiger partial charge in [-0.2, -0.15) is 0 Å². The number of nitrogens with zero attached hydrogens (tertiary/aromatic N) is 2. The molecule has 1 unspecified atom stereocenters. The number of piperazine rings is 1. The molecule has 126 valence electrons. The van der Waals surface area contributed by atoms with Crippen LogP contribution in [0.15, 0.2) is 24.3 Å². The lowest BCUT2D eigenvalue weighted by Gasteiger charge is -2.37. The van der Waals surface area contributed by atoms with Gasteiger partial charge in [-0.1, -0.05) is 18.2 Å². The van der Waals surface area contributed by atoms with Crippen LogP contribution in [0.5, 0.6) is 0 Å². The Morgan fingerprint density at radius 2 is 1.87 bits per heavy atom. The van der Waals surface area contributed by atoms with Gasteiger partial charge in [0.1, 0.15) is 0 Å². The fourth-order valence-corrected chi connectivity index (χ4v) is 5.02. The number of para-hydroxylation sites is 1. The molecule has 1 atom stereocenters. The Hall–Kier alpha value is -1.60. The van der Waals surface area contributed by atoms with Crippen LogP contribution < -0.4 is 5.32 Å². The topological polar surface area (TPSA) is 69.7 Å². The summed E-state index contributed by atoms with van der Waals surface area (Å²) in [4.78, 5) is 16.4. The van der Waals surface area contributed by atoms with Crippen molar-refractivity contribution in [3.05, 3.63) is 29.8 Å². The summed E-state index contributed by atoms with van der Waals surface area (Å²) in [5, 5.41) is 2.95. The highest BCUT2D eigenvalue weighted by Gasteiger charge is 2.34. The van der Waals surface area contributed by atoms with Crippen LogP contribution in [-0.4, -0.2) is 68.0 Å². The molecule has 0 bridgehead atoms. The van der Waals surface area contributed by atoms with Crippen LogP contribution in [0.1, 0.15) is 12.0 Å². The number of benzene rings is 1. The van der Waals surface area contributed by atoms with Crippen LogP contribution in [0.25, 0.3) is 0 Å². The first-order chi connectivity index (χ1) is 10.9. The zero-order valence-electron chi connectivity index (χ0n) is 13.4. The number of rotatable bonds is 2. The number of urea groups is 1. The first-order valence-electron chi connectivity index (χ1n) is 8.01. The summed E-state index contributed by atoms with van der Waals surface area (Å²) < 4.78 is 23.2. The number of hydrogen-bond donors (Lipinski definition) is 1. The van der Waals surface area contributed by atoms with Gasteiger partial charge >= 0.3 is 6.03 Å². The number of hydrogen-bond acceptors (Lipinski definition) is 4. The quantitative estimate of drug-likeness (QED) is 0.884. The van der Waals surface area contributed by atoms with Gasteiger partial charge in [-0.15, -0.1) is 0 Å². The molecule has 2 aliphatic heterocycles. The predicted molar refractivity (Wildman–Crippen MR) is 90.4 cm³/mol. The fourth-order valence-electron chi connectivity index (χ4n) is 3.26. The van der Waals surface area contributed by atoms with Crippen molar-refractivity contribution in [2.24, 2.45) is 0 Å². The van der Waals surface area contributed by atoms with E-state index in [9.17, 15) is 13.2 Å². The van der Waals surface area contributed by atoms with E-state index in [4.69, 9.17) is 0 Å². The van der Waals surface area contributed by atoms with E-state index in [-0.39, 0.29) is 17.8 Å². The number of sulfone groups is 1. The number of anilines is 1. The maximum Gasteiger partial charge on any atom is 0.321 e. The van der Waals surface area contributed by atoms with Gasteiger partial charge in [0.2, 0.25) is 0 Å². The van der Waals surface area contributed by atoms with E-state index in [0.717, 1.165) is 30.8 Å². The van der Waals surface area contributed by atoms with Crippen LogP contribution >= 0.6 is 0 Å². The number of nitrogens with one attached hydrogen (secondary N) is 1. The van der Waals surface area contributed by atoms with Crippen molar-refractivity contribution < 1.29 is 13.2 Å². The molecular formula is C16H23N3O3S. The van der Waals surface area contributed by atoms with E-state index in [0.29, 0.717) is 18.8 Å². The average molecular weight is 337 g/mol. The van der Waals surface area contributed by atoms with E-state index in [1.165, 1.54) is 0 Å². The molecule has 0 aromatic heterocycles. The lowest BCUT2D eigenvalue weighted by Crippen LogP contribution is -2.53. The summed E-state index contributed by atoms with van der Waals surface area (Å²) in [6.45, 7) is 4.71. The summed E-state index contributed by atoms with van der Waals surface area (Å²) in [5.41, 5.74) is 1.87. The van der Waals surface area contributed by atoms with Crippen molar-refractivity contribution in [2.45, 2.75) is 19.4 Å². The summed E-state index contributed by atoms with van der Waals surface area (Å²) >= 11 is 0. The van der Waals surface area contributed by atoms with E-state index >= 15 is 0 Å². The van der Waals surface area contributed by atoms with Gasteiger partial charge in [-0.05, 0) is 25.0 Å². The van der Waals surface area contributed by atoms with E-state index in [2.05, 4.69) is 10.2 Å². The third-order valence-corrected chi connectivity index (χ3v) is 6.46. The van der Waals surface area contributed by atoms with Crippen molar-refractivity contribution in [2.75, 3.05) is 43.0 Å². The van der Waals surface area contributed by atoms with Crippen molar-refractivity contribution >= 4 is 21.6 Å². The first-order valence-corrected chi connectivity index (χ1v) is 9.83. The van der Waals surface area contributed by atoms with Crippen molar-refractivity contribution in [1.82, 2.24) is 9.80 Å². The third-order valence-electron chi connectivity index (χ3n) is 4.71. The molecule has 2 amide bonds. The smallest absolute Gasteiger partial charge is 0.321 e. The van der Waals surface area contributed by atoms with Gasteiger partial charge < -0.3 is 10.2 Å². The highest BCUT2D eigenvalue weighted by atomic mass is 32.2. The third kappa shape index (κ3) is 3.84. The van der Waals surface area contributed by atoms with Crippen LogP contribution in [0.4, 0.5) is 10.5 Å². The minimum Gasteiger partial charge on any atom is -0.322 e. The second kappa shape index (κ2) is 6.49. The molecule has 1 N–H and O–H groups in total. The van der Waals surface area contributed by atoms with Crippen LogP contribution in [0.3, 0.4) is 0 Å². The number of carbonyl (C=O) groups is 1. The second-order valence-electron chi connectivity index (χ2n) is 6.32. The monoisotopic (exact) mass is 337 g/mol. The second-order valence-corrected chi connectivity index (χ2v) is 8.55. The molecule has 23 heavy (non-hydrogen) atoms. The highest BCUT2D eigenvalue weighted by molar-refractivity contribution is 7.91. The molecule has 0 spiro atoms. The van der Waals surface area contributed by atoms with E-state index in [1.54, 1.807) is 4.90 Å². The van der Waals surface area contributed by atoms with Gasteiger partial charge in [-0.3, -0.25) is 4.90 Å². The highest BCUT2D eigenvalue weighted by Crippen LogP contribution is 2.20. The van der Waals surface area contributed by atoms with Gasteiger partial charge in [0.25, 0.3) is 0 Å². The average Bonchev–Trinajstić information content (AvgIpc) is 2.90. The molecule has 7 heteroatoms. The Balaban J connectivity index is 1.53. The minimum atomic E-state index is -2.85. The number of carbonyl (C=O) groups excluding carboxylic acids is 1. The van der Waals surface area contributed by atoms with Crippen molar-refractivity contribution in [1.29, 1.82) is 0 Å². The Bertz CT molecular complexity index is 682. The number of aryl methyl sites for hydroxylation is 1. The summed E-state index contributed by atoms with van der Waals surface area (Å²) in [6.07, 6.45) is 0.720. The molecule has 1 aromatic carbocycles. The lowest BCUT2D eigenvalue weighted by atomic mass is 10.2. The van der Waals surface area contributed by atoms with Crippen molar-refractivity contribution in [3.63, 3.8) is 0 Å². The van der Waals surface area contributed by atoms with Gasteiger partial charge in [0.15, 0.2) is 9.84 Å². The summed E-state index contributed by atoms with van der Waals surface area (Å²) in [6, 6.07) is 7.75. The van der Waals surface area contributed by atoms with Crippen molar-refractivity contribution in [3.8, 4) is 0 Å². The minimum absolute atomic E-state index is 0.0852. The summed E-state index contributed by atoms with van der Waals surface area (Å²) in [5.74, 6) is 0.564. The standard InChI is InChI=1S/C16H23N3O3S/c1-13-4-2-3-5-15(13)17-16(20)19-9-7-18(8-10-19)14-6-11-23(21,22)12-14/h2-5,14H,6-12H2,1H3,(H,17,20). The molecule has 2 aliphatic rings. The molecule has 3 rings (SSSR count). The zero-order chi connectivity index (χ0) is 16.4. The largest absolute Gasteiger partial charge is 0.322 e. The Morgan fingerprint density at radius 3 is 2.48 bits per heavy atom. The maximum absolute atomic E-state index is 12.4.